The minimum Gasteiger partial charge on any atom is -0.394 e. The molecule has 1 atom stereocenters. The van der Waals surface area contributed by atoms with Gasteiger partial charge in [0, 0.05) is 12.0 Å². The number of aliphatic hydroxyl groups excluding tert-OH is 1. The van der Waals surface area contributed by atoms with Crippen LogP contribution in [0.3, 0.4) is 0 Å². The van der Waals surface area contributed by atoms with Gasteiger partial charge < -0.3 is 14.9 Å². The number of nitrogens with one attached hydrogen (secondary N) is 1. The highest BCUT2D eigenvalue weighted by molar-refractivity contribution is 5.94. The van der Waals surface area contributed by atoms with E-state index in [9.17, 15) is 9.90 Å². The van der Waals surface area contributed by atoms with Crippen molar-refractivity contribution in [2.45, 2.75) is 31.7 Å². The molecule has 0 bridgehead atoms. The van der Waals surface area contributed by atoms with Crippen molar-refractivity contribution in [3.8, 4) is 0 Å². The second-order valence-electron chi connectivity index (χ2n) is 5.26. The quantitative estimate of drug-likeness (QED) is 0.901. The standard InChI is InChI=1S/C16H18N2O3/c19-10-13(11-6-2-1-3-7-11)17-16(20)15-12-8-4-5-9-14(12)21-18-15/h1-3,6-7,13,19H,4-5,8-10H2,(H,17,20)/t13-/m0/s1. The van der Waals surface area contributed by atoms with E-state index < -0.39 is 6.04 Å². The van der Waals surface area contributed by atoms with Gasteiger partial charge in [-0.2, -0.15) is 0 Å². The fourth-order valence-corrected chi connectivity index (χ4v) is 2.71. The summed E-state index contributed by atoms with van der Waals surface area (Å²) in [4.78, 5) is 12.4. The Bertz CT molecular complexity index is 622. The van der Waals surface area contributed by atoms with Crippen molar-refractivity contribution >= 4 is 5.91 Å². The van der Waals surface area contributed by atoms with Crippen LogP contribution in [0.25, 0.3) is 0 Å². The van der Waals surface area contributed by atoms with E-state index in [1.54, 1.807) is 0 Å². The van der Waals surface area contributed by atoms with E-state index >= 15 is 0 Å². The molecule has 1 heterocycles. The topological polar surface area (TPSA) is 75.4 Å². The Balaban J connectivity index is 1.78. The van der Waals surface area contributed by atoms with Crippen LogP contribution in [-0.4, -0.2) is 22.8 Å². The normalized spacial score (nSPS) is 15.3. The lowest BCUT2D eigenvalue weighted by Crippen LogP contribution is -2.31. The minimum absolute atomic E-state index is 0.157. The van der Waals surface area contributed by atoms with E-state index in [1.807, 2.05) is 30.3 Å². The highest BCUT2D eigenvalue weighted by atomic mass is 16.5. The number of aliphatic hydroxyl groups is 1. The minimum atomic E-state index is -0.436. The Morgan fingerprint density at radius 1 is 1.29 bits per heavy atom. The van der Waals surface area contributed by atoms with Crippen molar-refractivity contribution in [3.05, 3.63) is 52.9 Å². The molecule has 0 unspecified atom stereocenters. The van der Waals surface area contributed by atoms with Gasteiger partial charge in [0.05, 0.1) is 12.6 Å². The third kappa shape index (κ3) is 2.83. The van der Waals surface area contributed by atoms with Crippen LogP contribution < -0.4 is 5.32 Å². The molecule has 1 amide bonds. The molecule has 0 radical (unpaired) electrons. The number of rotatable bonds is 4. The van der Waals surface area contributed by atoms with Crippen LogP contribution >= 0.6 is 0 Å². The van der Waals surface area contributed by atoms with Crippen LogP contribution in [0.2, 0.25) is 0 Å². The second kappa shape index (κ2) is 6.10. The molecular formula is C16H18N2O3. The highest BCUT2D eigenvalue weighted by Gasteiger charge is 2.25. The molecule has 1 aromatic heterocycles. The molecular weight excluding hydrogens is 268 g/mol. The van der Waals surface area contributed by atoms with Crippen LogP contribution in [0.15, 0.2) is 34.9 Å². The lowest BCUT2D eigenvalue weighted by Gasteiger charge is -2.16. The number of carbonyl (C=O) groups excluding carboxylic acids is 1. The van der Waals surface area contributed by atoms with E-state index in [4.69, 9.17) is 4.52 Å². The lowest BCUT2D eigenvalue weighted by atomic mass is 9.96. The lowest BCUT2D eigenvalue weighted by molar-refractivity contribution is 0.0906. The molecule has 1 aromatic carbocycles. The maximum Gasteiger partial charge on any atom is 0.274 e. The molecule has 21 heavy (non-hydrogen) atoms. The highest BCUT2D eigenvalue weighted by Crippen LogP contribution is 2.24. The van der Waals surface area contributed by atoms with Gasteiger partial charge in [-0.15, -0.1) is 0 Å². The van der Waals surface area contributed by atoms with E-state index in [0.717, 1.165) is 42.6 Å². The number of amides is 1. The van der Waals surface area contributed by atoms with Crippen LogP contribution in [0, 0.1) is 0 Å². The fraction of sp³-hybridized carbons (Fsp3) is 0.375. The summed E-state index contributed by atoms with van der Waals surface area (Å²) in [5.74, 6) is 0.538. The Kier molecular flexibility index (Phi) is 4.01. The Hall–Kier alpha value is -2.14. The molecule has 5 heteroatoms. The molecule has 5 nitrogen and oxygen atoms in total. The van der Waals surface area contributed by atoms with Gasteiger partial charge in [0.25, 0.3) is 5.91 Å². The van der Waals surface area contributed by atoms with Crippen LogP contribution in [0.4, 0.5) is 0 Å². The maximum absolute atomic E-state index is 12.4. The fourth-order valence-electron chi connectivity index (χ4n) is 2.71. The van der Waals surface area contributed by atoms with E-state index in [-0.39, 0.29) is 12.5 Å². The summed E-state index contributed by atoms with van der Waals surface area (Å²) >= 11 is 0. The summed E-state index contributed by atoms with van der Waals surface area (Å²) in [6.07, 6.45) is 3.80. The molecule has 0 aliphatic heterocycles. The monoisotopic (exact) mass is 286 g/mol. The SMILES string of the molecule is O=C(N[C@@H](CO)c1ccccc1)c1noc2c1CCCC2. The number of aryl methyl sites for hydroxylation is 1. The average molecular weight is 286 g/mol. The number of nitrogens with zero attached hydrogens (tertiary/aromatic N) is 1. The number of hydrogen-bond acceptors (Lipinski definition) is 4. The first-order valence-electron chi connectivity index (χ1n) is 7.23. The molecule has 1 aliphatic carbocycles. The smallest absolute Gasteiger partial charge is 0.274 e. The molecule has 110 valence electrons. The number of benzene rings is 1. The first-order chi connectivity index (χ1) is 10.3. The van der Waals surface area contributed by atoms with E-state index in [0.29, 0.717) is 5.69 Å². The molecule has 2 N–H and O–H groups in total. The number of fused-ring (bicyclic) bond motifs is 1. The number of carbonyl (C=O) groups is 1. The van der Waals surface area contributed by atoms with Crippen LogP contribution in [0.5, 0.6) is 0 Å². The predicted molar refractivity (Wildman–Crippen MR) is 76.9 cm³/mol. The van der Waals surface area contributed by atoms with Crippen molar-refractivity contribution in [3.63, 3.8) is 0 Å². The van der Waals surface area contributed by atoms with Crippen molar-refractivity contribution in [2.75, 3.05) is 6.61 Å². The Labute approximate surface area is 123 Å². The summed E-state index contributed by atoms with van der Waals surface area (Å²) < 4.78 is 5.26. The first kappa shape index (κ1) is 13.8. The summed E-state index contributed by atoms with van der Waals surface area (Å²) in [5, 5.41) is 16.2. The van der Waals surface area contributed by atoms with Gasteiger partial charge in [-0.25, -0.2) is 0 Å². The van der Waals surface area contributed by atoms with Gasteiger partial charge in [-0.1, -0.05) is 35.5 Å². The maximum atomic E-state index is 12.4. The molecule has 3 rings (SSSR count). The van der Waals surface area contributed by atoms with Crippen molar-refractivity contribution in [1.82, 2.24) is 10.5 Å². The Morgan fingerprint density at radius 3 is 2.81 bits per heavy atom. The van der Waals surface area contributed by atoms with E-state index in [2.05, 4.69) is 10.5 Å². The summed E-state index contributed by atoms with van der Waals surface area (Å²) in [6, 6.07) is 8.96. The largest absolute Gasteiger partial charge is 0.394 e. The second-order valence-corrected chi connectivity index (χ2v) is 5.26. The number of aromatic nitrogens is 1. The van der Waals surface area contributed by atoms with Crippen LogP contribution in [0.1, 0.15) is 46.3 Å². The average Bonchev–Trinajstić information content (AvgIpc) is 2.97. The van der Waals surface area contributed by atoms with Gasteiger partial charge in [0.15, 0.2) is 5.69 Å². The zero-order valence-corrected chi connectivity index (χ0v) is 11.7. The van der Waals surface area contributed by atoms with Crippen molar-refractivity contribution in [2.24, 2.45) is 0 Å². The third-order valence-corrected chi connectivity index (χ3v) is 3.86. The first-order valence-corrected chi connectivity index (χ1v) is 7.23. The van der Waals surface area contributed by atoms with Crippen LogP contribution in [-0.2, 0) is 12.8 Å². The Morgan fingerprint density at radius 2 is 2.05 bits per heavy atom. The molecule has 0 spiro atoms. The number of hydrogen-bond donors (Lipinski definition) is 2. The predicted octanol–water partition coefficient (Wildman–Crippen LogP) is 2.02. The van der Waals surface area contributed by atoms with Gasteiger partial charge in [0.1, 0.15) is 5.76 Å². The van der Waals surface area contributed by atoms with Crippen molar-refractivity contribution < 1.29 is 14.4 Å². The van der Waals surface area contributed by atoms with Gasteiger partial charge in [-0.3, -0.25) is 4.79 Å². The summed E-state index contributed by atoms with van der Waals surface area (Å²) in [7, 11) is 0. The zero-order chi connectivity index (χ0) is 14.7. The summed E-state index contributed by atoms with van der Waals surface area (Å²) in [6.45, 7) is -0.157. The molecule has 0 saturated heterocycles. The molecule has 1 aliphatic rings. The molecule has 2 aromatic rings. The third-order valence-electron chi connectivity index (χ3n) is 3.86. The zero-order valence-electron chi connectivity index (χ0n) is 11.7. The van der Waals surface area contributed by atoms with Crippen molar-refractivity contribution in [1.29, 1.82) is 0 Å². The van der Waals surface area contributed by atoms with Gasteiger partial charge in [-0.05, 0) is 24.8 Å². The van der Waals surface area contributed by atoms with Gasteiger partial charge in [0.2, 0.25) is 0 Å². The molecule has 0 fully saturated rings. The van der Waals surface area contributed by atoms with Gasteiger partial charge >= 0.3 is 0 Å². The summed E-state index contributed by atoms with van der Waals surface area (Å²) in [5.41, 5.74) is 2.15. The molecule has 0 saturated carbocycles. The van der Waals surface area contributed by atoms with E-state index in [1.165, 1.54) is 0 Å².